The van der Waals surface area contributed by atoms with Crippen LogP contribution in [0.25, 0.3) is 11.4 Å². The maximum Gasteiger partial charge on any atom is 0.416 e. The minimum Gasteiger partial charge on any atom is -0.339 e. The lowest BCUT2D eigenvalue weighted by Crippen LogP contribution is -2.39. The number of rotatable bonds is 4. The van der Waals surface area contributed by atoms with Gasteiger partial charge in [0.1, 0.15) is 0 Å². The number of sulfonamides is 1. The number of aromatic nitrogens is 2. The molecule has 1 aliphatic heterocycles. The summed E-state index contributed by atoms with van der Waals surface area (Å²) in [6.45, 7) is 0.477. The first-order valence-electron chi connectivity index (χ1n) is 9.41. The van der Waals surface area contributed by atoms with Crippen LogP contribution >= 0.6 is 11.6 Å². The van der Waals surface area contributed by atoms with Crippen molar-refractivity contribution in [2.24, 2.45) is 0 Å². The minimum atomic E-state index is -4.48. The SMILES string of the molecule is O=S(=O)(c1ccc(Cl)cc1)N1CCC[C@H](c2nc(-c3cccc(C(F)(F)F)c3)no2)C1. The Bertz CT molecular complexity index is 1180. The van der Waals surface area contributed by atoms with Gasteiger partial charge in [0.15, 0.2) is 0 Å². The maximum atomic E-state index is 13.0. The van der Waals surface area contributed by atoms with Crippen LogP contribution in [0.15, 0.2) is 57.9 Å². The van der Waals surface area contributed by atoms with Crippen molar-refractivity contribution in [3.05, 3.63) is 65.0 Å². The van der Waals surface area contributed by atoms with Crippen LogP contribution in [0.1, 0.15) is 30.2 Å². The Morgan fingerprint density at radius 3 is 2.58 bits per heavy atom. The van der Waals surface area contributed by atoms with Crippen LogP contribution in [-0.4, -0.2) is 36.0 Å². The zero-order chi connectivity index (χ0) is 22.2. The van der Waals surface area contributed by atoms with Crippen LogP contribution < -0.4 is 0 Å². The fourth-order valence-corrected chi connectivity index (χ4v) is 5.12. The molecule has 0 unspecified atom stereocenters. The molecule has 164 valence electrons. The van der Waals surface area contributed by atoms with E-state index in [0.29, 0.717) is 24.4 Å². The number of hydrogen-bond donors (Lipinski definition) is 0. The van der Waals surface area contributed by atoms with Crippen LogP contribution in [0.3, 0.4) is 0 Å². The molecule has 3 aromatic rings. The van der Waals surface area contributed by atoms with Gasteiger partial charge in [-0.15, -0.1) is 0 Å². The molecule has 0 bridgehead atoms. The van der Waals surface area contributed by atoms with Gasteiger partial charge >= 0.3 is 6.18 Å². The summed E-state index contributed by atoms with van der Waals surface area (Å²) in [6, 6.07) is 10.6. The van der Waals surface area contributed by atoms with Gasteiger partial charge in [-0.25, -0.2) is 8.42 Å². The standard InChI is InChI=1S/C20H17ClF3N3O3S/c21-16-6-8-17(9-7-16)31(28,29)27-10-2-4-14(12-27)19-25-18(26-30-19)13-3-1-5-15(11-13)20(22,23)24/h1,3,5-9,11,14H,2,4,10,12H2/t14-/m0/s1. The summed E-state index contributed by atoms with van der Waals surface area (Å²) < 4.78 is 71.4. The van der Waals surface area contributed by atoms with E-state index in [4.69, 9.17) is 16.1 Å². The summed E-state index contributed by atoms with van der Waals surface area (Å²) >= 11 is 5.84. The van der Waals surface area contributed by atoms with E-state index in [1.54, 1.807) is 0 Å². The van der Waals surface area contributed by atoms with Crippen molar-refractivity contribution < 1.29 is 26.1 Å². The molecule has 0 aliphatic carbocycles. The third-order valence-electron chi connectivity index (χ3n) is 5.07. The van der Waals surface area contributed by atoms with Crippen molar-refractivity contribution in [2.75, 3.05) is 13.1 Å². The van der Waals surface area contributed by atoms with E-state index in [2.05, 4.69) is 10.1 Å². The zero-order valence-electron chi connectivity index (χ0n) is 16.0. The lowest BCUT2D eigenvalue weighted by molar-refractivity contribution is -0.137. The van der Waals surface area contributed by atoms with Gasteiger partial charge in [0.2, 0.25) is 21.7 Å². The normalized spacial score (nSPS) is 18.3. The van der Waals surface area contributed by atoms with E-state index in [1.807, 2.05) is 0 Å². The quantitative estimate of drug-likeness (QED) is 0.536. The first-order chi connectivity index (χ1) is 14.6. The van der Waals surface area contributed by atoms with E-state index >= 15 is 0 Å². The molecule has 1 saturated heterocycles. The Morgan fingerprint density at radius 1 is 1.13 bits per heavy atom. The van der Waals surface area contributed by atoms with Gasteiger partial charge in [-0.1, -0.05) is 28.9 Å². The van der Waals surface area contributed by atoms with Crippen LogP contribution in [0.2, 0.25) is 5.02 Å². The lowest BCUT2D eigenvalue weighted by Gasteiger charge is -2.30. The van der Waals surface area contributed by atoms with E-state index in [-0.39, 0.29) is 34.6 Å². The highest BCUT2D eigenvalue weighted by molar-refractivity contribution is 7.89. The summed E-state index contributed by atoms with van der Waals surface area (Å²) in [6.07, 6.45) is -3.28. The number of hydrogen-bond acceptors (Lipinski definition) is 5. The fourth-order valence-electron chi connectivity index (χ4n) is 3.47. The summed E-state index contributed by atoms with van der Waals surface area (Å²) in [5.74, 6) is -0.134. The smallest absolute Gasteiger partial charge is 0.339 e. The predicted octanol–water partition coefficient (Wildman–Crippen LogP) is 4.98. The fraction of sp³-hybridized carbons (Fsp3) is 0.300. The summed E-state index contributed by atoms with van der Waals surface area (Å²) in [5, 5.41) is 4.24. The molecule has 31 heavy (non-hydrogen) atoms. The van der Waals surface area contributed by atoms with Gasteiger partial charge in [0.25, 0.3) is 0 Å². The molecular weight excluding hydrogens is 455 g/mol. The number of nitrogens with zero attached hydrogens (tertiary/aromatic N) is 3. The molecule has 2 aromatic carbocycles. The second kappa shape index (κ2) is 8.25. The van der Waals surface area contributed by atoms with Gasteiger partial charge in [0, 0.05) is 23.7 Å². The average molecular weight is 472 g/mol. The third kappa shape index (κ3) is 4.60. The van der Waals surface area contributed by atoms with Gasteiger partial charge < -0.3 is 4.52 Å². The number of halogens is 4. The first kappa shape index (κ1) is 21.8. The Labute approximate surface area is 181 Å². The molecule has 0 N–H and O–H groups in total. The van der Waals surface area contributed by atoms with Gasteiger partial charge in [-0.05, 0) is 49.2 Å². The van der Waals surface area contributed by atoms with Crippen molar-refractivity contribution in [3.8, 4) is 11.4 Å². The summed E-state index contributed by atoms with van der Waals surface area (Å²) in [7, 11) is -3.73. The Kier molecular flexibility index (Phi) is 5.80. The van der Waals surface area contributed by atoms with Gasteiger partial charge in [0.05, 0.1) is 16.4 Å². The third-order valence-corrected chi connectivity index (χ3v) is 7.21. The van der Waals surface area contributed by atoms with Gasteiger partial charge in [-0.3, -0.25) is 0 Å². The predicted molar refractivity (Wildman–Crippen MR) is 107 cm³/mol. The van der Waals surface area contributed by atoms with Crippen molar-refractivity contribution >= 4 is 21.6 Å². The highest BCUT2D eigenvalue weighted by Gasteiger charge is 2.34. The summed E-state index contributed by atoms with van der Waals surface area (Å²) in [5.41, 5.74) is -0.638. The zero-order valence-corrected chi connectivity index (χ0v) is 17.6. The molecular formula is C20H17ClF3N3O3S. The molecule has 1 aliphatic rings. The van der Waals surface area contributed by atoms with Gasteiger partial charge in [-0.2, -0.15) is 22.5 Å². The molecule has 0 radical (unpaired) electrons. The second-order valence-corrected chi connectivity index (χ2v) is 9.57. The molecule has 4 rings (SSSR count). The summed E-state index contributed by atoms with van der Waals surface area (Å²) in [4.78, 5) is 4.38. The maximum absolute atomic E-state index is 13.0. The largest absolute Gasteiger partial charge is 0.416 e. The second-order valence-electron chi connectivity index (χ2n) is 7.19. The van der Waals surface area contributed by atoms with Crippen molar-refractivity contribution in [1.29, 1.82) is 0 Å². The van der Waals surface area contributed by atoms with Crippen LogP contribution in [0, 0.1) is 0 Å². The first-order valence-corrected chi connectivity index (χ1v) is 11.2. The molecule has 0 amide bonds. The number of alkyl halides is 3. The van der Waals surface area contributed by atoms with E-state index in [9.17, 15) is 21.6 Å². The van der Waals surface area contributed by atoms with Crippen molar-refractivity contribution in [2.45, 2.75) is 29.8 Å². The van der Waals surface area contributed by atoms with Crippen LogP contribution in [0.5, 0.6) is 0 Å². The van der Waals surface area contributed by atoms with E-state index in [0.717, 1.165) is 12.1 Å². The molecule has 1 fully saturated rings. The van der Waals surface area contributed by atoms with Crippen molar-refractivity contribution in [3.63, 3.8) is 0 Å². The number of piperidine rings is 1. The molecule has 1 atom stereocenters. The van der Waals surface area contributed by atoms with E-state index < -0.39 is 21.8 Å². The van der Waals surface area contributed by atoms with Crippen molar-refractivity contribution in [1.82, 2.24) is 14.4 Å². The Morgan fingerprint density at radius 2 is 1.87 bits per heavy atom. The molecule has 2 heterocycles. The average Bonchev–Trinajstić information content (AvgIpc) is 3.24. The van der Waals surface area contributed by atoms with Crippen LogP contribution in [-0.2, 0) is 16.2 Å². The molecule has 0 spiro atoms. The monoisotopic (exact) mass is 471 g/mol. The lowest BCUT2D eigenvalue weighted by atomic mass is 10.00. The number of benzene rings is 2. The van der Waals surface area contributed by atoms with Crippen LogP contribution in [0.4, 0.5) is 13.2 Å². The molecule has 11 heteroatoms. The topological polar surface area (TPSA) is 76.3 Å². The molecule has 1 aromatic heterocycles. The Balaban J connectivity index is 1.55. The van der Waals surface area contributed by atoms with E-state index in [1.165, 1.54) is 40.7 Å². The minimum absolute atomic E-state index is 0.0266. The molecule has 6 nitrogen and oxygen atoms in total. The highest BCUT2D eigenvalue weighted by atomic mass is 35.5. The molecule has 0 saturated carbocycles. The highest BCUT2D eigenvalue weighted by Crippen LogP contribution is 2.33. The Hall–Kier alpha value is -2.43.